The first-order valence-electron chi connectivity index (χ1n) is 9.52. The second-order valence-corrected chi connectivity index (χ2v) is 6.76. The van der Waals surface area contributed by atoms with Gasteiger partial charge >= 0.3 is 12.2 Å². The van der Waals surface area contributed by atoms with Crippen LogP contribution in [0, 0.1) is 5.82 Å². The molecule has 0 aliphatic carbocycles. The zero-order valence-electron chi connectivity index (χ0n) is 16.5. The lowest BCUT2D eigenvalue weighted by Crippen LogP contribution is -2.21. The molecule has 0 fully saturated rings. The van der Waals surface area contributed by atoms with E-state index in [0.717, 1.165) is 36.1 Å². The number of aryl methyl sites for hydroxylation is 1. The predicted molar refractivity (Wildman–Crippen MR) is 108 cm³/mol. The summed E-state index contributed by atoms with van der Waals surface area (Å²) in [7, 11) is 0. The van der Waals surface area contributed by atoms with Gasteiger partial charge in [-0.05, 0) is 47.4 Å². The van der Waals surface area contributed by atoms with Crippen molar-refractivity contribution in [3.63, 3.8) is 0 Å². The Morgan fingerprint density at radius 1 is 0.903 bits per heavy atom. The molecule has 0 atom stereocenters. The lowest BCUT2D eigenvalue weighted by atomic mass is 10.0. The van der Waals surface area contributed by atoms with Crippen LogP contribution in [0.25, 0.3) is 11.1 Å². The standard InChI is InChI=1S/C24H19F5O2/c1-2-3-16-4-6-17(7-5-16)18-8-10-19(11-9-18)24(28,29)31-20-12-13-22(21(25)14-20)30-15-23(26)27/h4-15H,2-3H2,1H3. The van der Waals surface area contributed by atoms with E-state index >= 15 is 0 Å². The third kappa shape index (κ3) is 5.84. The molecule has 162 valence electrons. The van der Waals surface area contributed by atoms with Crippen molar-refractivity contribution in [1.29, 1.82) is 0 Å². The molecule has 0 unspecified atom stereocenters. The first-order valence-corrected chi connectivity index (χ1v) is 9.52. The van der Waals surface area contributed by atoms with E-state index in [1.165, 1.54) is 17.7 Å². The number of hydrogen-bond donors (Lipinski definition) is 0. The number of rotatable bonds is 8. The zero-order chi connectivity index (χ0) is 22.4. The van der Waals surface area contributed by atoms with Crippen molar-refractivity contribution < 1.29 is 31.4 Å². The largest absolute Gasteiger partial charge is 0.456 e. The Labute approximate surface area is 176 Å². The summed E-state index contributed by atoms with van der Waals surface area (Å²) in [6.07, 6.45) is -3.84. The average molecular weight is 434 g/mol. The molecule has 31 heavy (non-hydrogen) atoms. The van der Waals surface area contributed by atoms with Crippen LogP contribution in [0.3, 0.4) is 0 Å². The quantitative estimate of drug-likeness (QED) is 0.267. The number of alkyl halides is 2. The SMILES string of the molecule is CCCc1ccc(-c2ccc(C(F)(F)Oc3ccc(OC=C(F)F)c(F)c3)cc2)cc1. The summed E-state index contributed by atoms with van der Waals surface area (Å²) in [6, 6.07) is 16.0. The van der Waals surface area contributed by atoms with E-state index in [1.807, 2.05) is 24.3 Å². The first-order chi connectivity index (χ1) is 14.8. The Kier molecular flexibility index (Phi) is 6.95. The fourth-order valence-corrected chi connectivity index (χ4v) is 2.96. The highest BCUT2D eigenvalue weighted by Crippen LogP contribution is 2.34. The summed E-state index contributed by atoms with van der Waals surface area (Å²) in [5.74, 6) is -2.14. The molecular formula is C24H19F5O2. The highest BCUT2D eigenvalue weighted by Gasteiger charge is 2.34. The number of benzene rings is 3. The van der Waals surface area contributed by atoms with Gasteiger partial charge in [0.2, 0.25) is 0 Å². The van der Waals surface area contributed by atoms with Crippen LogP contribution in [-0.4, -0.2) is 0 Å². The van der Waals surface area contributed by atoms with Crippen LogP contribution in [0.15, 0.2) is 79.1 Å². The van der Waals surface area contributed by atoms with Crippen molar-refractivity contribution in [2.24, 2.45) is 0 Å². The lowest BCUT2D eigenvalue weighted by molar-refractivity contribution is -0.185. The minimum absolute atomic E-state index is 0.0481. The van der Waals surface area contributed by atoms with Crippen molar-refractivity contribution in [2.45, 2.75) is 25.9 Å². The van der Waals surface area contributed by atoms with Crippen LogP contribution in [0.1, 0.15) is 24.5 Å². The Morgan fingerprint density at radius 2 is 1.52 bits per heavy atom. The van der Waals surface area contributed by atoms with Crippen molar-refractivity contribution in [3.05, 3.63) is 96.0 Å². The smallest absolute Gasteiger partial charge is 0.426 e. The van der Waals surface area contributed by atoms with E-state index in [-0.39, 0.29) is 6.26 Å². The van der Waals surface area contributed by atoms with E-state index in [0.29, 0.717) is 6.07 Å². The van der Waals surface area contributed by atoms with Crippen LogP contribution in [0.2, 0.25) is 0 Å². The topological polar surface area (TPSA) is 18.5 Å². The molecule has 3 aromatic rings. The second-order valence-electron chi connectivity index (χ2n) is 6.76. The van der Waals surface area contributed by atoms with Crippen LogP contribution in [-0.2, 0) is 12.5 Å². The summed E-state index contributed by atoms with van der Waals surface area (Å²) < 4.78 is 76.0. The van der Waals surface area contributed by atoms with Gasteiger partial charge in [-0.1, -0.05) is 49.7 Å². The van der Waals surface area contributed by atoms with Crippen molar-refractivity contribution in [1.82, 2.24) is 0 Å². The van der Waals surface area contributed by atoms with Crippen LogP contribution in [0.4, 0.5) is 22.0 Å². The molecule has 0 spiro atoms. The molecule has 3 aromatic carbocycles. The van der Waals surface area contributed by atoms with Gasteiger partial charge in [-0.3, -0.25) is 0 Å². The lowest BCUT2D eigenvalue weighted by Gasteiger charge is -2.19. The van der Waals surface area contributed by atoms with E-state index in [9.17, 15) is 22.0 Å². The number of ether oxygens (including phenoxy) is 2. The summed E-state index contributed by atoms with van der Waals surface area (Å²) in [5.41, 5.74) is 2.45. The van der Waals surface area contributed by atoms with Gasteiger partial charge in [0, 0.05) is 6.07 Å². The molecule has 2 nitrogen and oxygen atoms in total. The van der Waals surface area contributed by atoms with Gasteiger partial charge in [0.05, 0.1) is 5.56 Å². The minimum Gasteiger partial charge on any atom is -0.456 e. The first kappa shape index (κ1) is 22.3. The normalized spacial score (nSPS) is 11.2. The van der Waals surface area contributed by atoms with E-state index in [4.69, 9.17) is 0 Å². The average Bonchev–Trinajstić information content (AvgIpc) is 2.74. The van der Waals surface area contributed by atoms with Crippen molar-refractivity contribution >= 4 is 0 Å². The second kappa shape index (κ2) is 9.64. The van der Waals surface area contributed by atoms with Gasteiger partial charge in [-0.15, -0.1) is 0 Å². The number of hydrogen-bond acceptors (Lipinski definition) is 2. The molecule has 0 saturated carbocycles. The predicted octanol–water partition coefficient (Wildman–Crippen LogP) is 7.69. The third-order valence-corrected chi connectivity index (χ3v) is 4.47. The fraction of sp³-hybridized carbons (Fsp3) is 0.167. The highest BCUT2D eigenvalue weighted by atomic mass is 19.3. The van der Waals surface area contributed by atoms with Gasteiger partial charge in [0.25, 0.3) is 0 Å². The van der Waals surface area contributed by atoms with E-state index in [2.05, 4.69) is 16.4 Å². The van der Waals surface area contributed by atoms with E-state index in [1.54, 1.807) is 12.1 Å². The summed E-state index contributed by atoms with van der Waals surface area (Å²) in [4.78, 5) is 0. The van der Waals surface area contributed by atoms with Crippen LogP contribution >= 0.6 is 0 Å². The Morgan fingerprint density at radius 3 is 2.06 bits per heavy atom. The van der Waals surface area contributed by atoms with Gasteiger partial charge in [0.15, 0.2) is 17.8 Å². The summed E-state index contributed by atoms with van der Waals surface area (Å²) >= 11 is 0. The molecule has 0 heterocycles. The Hall–Kier alpha value is -3.35. The Balaban J connectivity index is 1.73. The van der Waals surface area contributed by atoms with Gasteiger partial charge in [0.1, 0.15) is 5.75 Å². The monoisotopic (exact) mass is 434 g/mol. The molecule has 0 aliphatic rings. The van der Waals surface area contributed by atoms with Crippen molar-refractivity contribution in [3.8, 4) is 22.6 Å². The molecule has 0 aliphatic heterocycles. The van der Waals surface area contributed by atoms with Gasteiger partial charge in [-0.2, -0.15) is 17.6 Å². The molecule has 0 aromatic heterocycles. The van der Waals surface area contributed by atoms with Crippen LogP contribution in [0.5, 0.6) is 11.5 Å². The minimum atomic E-state index is -3.73. The molecule has 0 N–H and O–H groups in total. The maximum atomic E-state index is 14.5. The molecule has 0 radical (unpaired) electrons. The zero-order valence-corrected chi connectivity index (χ0v) is 16.5. The maximum Gasteiger partial charge on any atom is 0.426 e. The summed E-state index contributed by atoms with van der Waals surface area (Å²) in [5, 5.41) is 0. The molecule has 0 saturated heterocycles. The van der Waals surface area contributed by atoms with Gasteiger partial charge < -0.3 is 9.47 Å². The van der Waals surface area contributed by atoms with E-state index < -0.39 is 35.1 Å². The number of halogens is 5. The Bertz CT molecular complexity index is 1040. The fourth-order valence-electron chi connectivity index (χ4n) is 2.96. The van der Waals surface area contributed by atoms with Crippen molar-refractivity contribution in [2.75, 3.05) is 0 Å². The maximum absolute atomic E-state index is 14.5. The third-order valence-electron chi connectivity index (χ3n) is 4.47. The molecule has 7 heteroatoms. The summed E-state index contributed by atoms with van der Waals surface area (Å²) in [6.45, 7) is 2.09. The van der Waals surface area contributed by atoms with Gasteiger partial charge in [-0.25, -0.2) is 4.39 Å². The molecular weight excluding hydrogens is 415 g/mol. The van der Waals surface area contributed by atoms with Crippen LogP contribution < -0.4 is 9.47 Å². The highest BCUT2D eigenvalue weighted by molar-refractivity contribution is 5.64. The molecule has 3 rings (SSSR count). The molecule has 0 bridgehead atoms. The molecule has 0 amide bonds.